The zero-order valence-corrected chi connectivity index (χ0v) is 11.6. The molecule has 0 bridgehead atoms. The van der Waals surface area contributed by atoms with E-state index in [1.165, 1.54) is 17.4 Å². The zero-order chi connectivity index (χ0) is 13.1. The predicted octanol–water partition coefficient (Wildman–Crippen LogP) is 4.07. The van der Waals surface area contributed by atoms with Crippen molar-refractivity contribution in [3.63, 3.8) is 0 Å². The van der Waals surface area contributed by atoms with Crippen LogP contribution in [0.5, 0.6) is 0 Å². The minimum Gasteiger partial charge on any atom is -0.354 e. The first kappa shape index (κ1) is 13.2. The summed E-state index contributed by atoms with van der Waals surface area (Å²) < 4.78 is 13.4. The average Bonchev–Trinajstić information content (AvgIpc) is 2.80. The van der Waals surface area contributed by atoms with Gasteiger partial charge in [0.25, 0.3) is 0 Å². The zero-order valence-electron chi connectivity index (χ0n) is 10.1. The predicted molar refractivity (Wildman–Crippen MR) is 72.7 cm³/mol. The minimum atomic E-state index is -0.408. The summed E-state index contributed by atoms with van der Waals surface area (Å²) in [6.07, 6.45) is 0.864. The van der Waals surface area contributed by atoms with E-state index in [1.54, 1.807) is 12.1 Å². The molecule has 0 spiro atoms. The molecule has 0 fully saturated rings. The summed E-state index contributed by atoms with van der Waals surface area (Å²) in [5, 5.41) is 13.1. The van der Waals surface area contributed by atoms with Crippen molar-refractivity contribution >= 4 is 28.1 Å². The van der Waals surface area contributed by atoms with Gasteiger partial charge in [-0.15, -0.1) is 10.2 Å². The number of nitrogens with one attached hydrogen (secondary N) is 1. The van der Waals surface area contributed by atoms with Crippen LogP contribution in [0.2, 0.25) is 5.02 Å². The molecule has 1 N–H and O–H groups in total. The second-order valence-corrected chi connectivity index (χ2v) is 5.36. The fourth-order valence-electron chi connectivity index (χ4n) is 1.51. The number of halogens is 2. The molecule has 18 heavy (non-hydrogen) atoms. The molecule has 0 aliphatic heterocycles. The first-order valence-corrected chi connectivity index (χ1v) is 6.83. The monoisotopic (exact) mass is 285 g/mol. The highest BCUT2D eigenvalue weighted by molar-refractivity contribution is 7.15. The molecule has 0 radical (unpaired) electrons. The smallest absolute Gasteiger partial charge is 0.206 e. The molecule has 2 rings (SSSR count). The molecule has 96 valence electrons. The van der Waals surface area contributed by atoms with Crippen molar-refractivity contribution in [3.05, 3.63) is 39.6 Å². The summed E-state index contributed by atoms with van der Waals surface area (Å²) >= 11 is 7.16. The summed E-state index contributed by atoms with van der Waals surface area (Å²) in [5.74, 6) is -0.408. The second kappa shape index (κ2) is 5.63. The fourth-order valence-corrected chi connectivity index (χ4v) is 2.39. The Kier molecular flexibility index (Phi) is 4.14. The van der Waals surface area contributed by atoms with Gasteiger partial charge in [0, 0.05) is 0 Å². The first-order chi connectivity index (χ1) is 8.60. The van der Waals surface area contributed by atoms with Gasteiger partial charge in [-0.05, 0) is 31.0 Å². The normalized spacial score (nSPS) is 12.4. The van der Waals surface area contributed by atoms with Gasteiger partial charge < -0.3 is 5.32 Å². The van der Waals surface area contributed by atoms with Crippen LogP contribution in [0.4, 0.5) is 9.52 Å². The molecule has 0 aliphatic rings. The number of nitrogens with zero attached hydrogens (tertiary/aromatic N) is 2. The number of hydrogen-bond donors (Lipinski definition) is 1. The quantitative estimate of drug-likeness (QED) is 0.920. The summed E-state index contributed by atoms with van der Waals surface area (Å²) in [4.78, 5) is 0. The maximum absolute atomic E-state index is 13.4. The summed E-state index contributed by atoms with van der Waals surface area (Å²) in [5.41, 5.74) is 0.824. The van der Waals surface area contributed by atoms with E-state index in [9.17, 15) is 4.39 Å². The number of rotatable bonds is 4. The number of aromatic nitrogens is 2. The van der Waals surface area contributed by atoms with E-state index in [1.807, 2.05) is 13.8 Å². The van der Waals surface area contributed by atoms with E-state index in [4.69, 9.17) is 11.6 Å². The van der Waals surface area contributed by atoms with Gasteiger partial charge in [0.1, 0.15) is 10.8 Å². The molecule has 0 saturated carbocycles. The van der Waals surface area contributed by atoms with Crippen LogP contribution in [0, 0.1) is 5.82 Å². The summed E-state index contributed by atoms with van der Waals surface area (Å²) in [7, 11) is 0. The summed E-state index contributed by atoms with van der Waals surface area (Å²) in [6.45, 7) is 3.97. The van der Waals surface area contributed by atoms with Crippen molar-refractivity contribution in [1.82, 2.24) is 10.2 Å². The Morgan fingerprint density at radius 3 is 2.83 bits per heavy atom. The lowest BCUT2D eigenvalue weighted by Gasteiger charge is -2.13. The topological polar surface area (TPSA) is 37.8 Å². The van der Waals surface area contributed by atoms with Crippen molar-refractivity contribution in [2.75, 3.05) is 5.32 Å². The Morgan fingerprint density at radius 1 is 1.44 bits per heavy atom. The van der Waals surface area contributed by atoms with Crippen LogP contribution in [-0.2, 0) is 6.42 Å². The van der Waals surface area contributed by atoms with E-state index in [2.05, 4.69) is 15.5 Å². The number of benzene rings is 1. The number of hydrogen-bond acceptors (Lipinski definition) is 4. The highest BCUT2D eigenvalue weighted by atomic mass is 35.5. The van der Waals surface area contributed by atoms with Gasteiger partial charge >= 0.3 is 0 Å². The van der Waals surface area contributed by atoms with Crippen LogP contribution in [0.25, 0.3) is 0 Å². The third kappa shape index (κ3) is 2.97. The van der Waals surface area contributed by atoms with E-state index in [-0.39, 0.29) is 11.1 Å². The van der Waals surface area contributed by atoms with E-state index in [0.29, 0.717) is 0 Å². The van der Waals surface area contributed by atoms with Crippen LogP contribution in [0.1, 0.15) is 30.5 Å². The lowest BCUT2D eigenvalue weighted by molar-refractivity contribution is 0.624. The third-order valence-electron chi connectivity index (χ3n) is 2.55. The lowest BCUT2D eigenvalue weighted by atomic mass is 10.1. The van der Waals surface area contributed by atoms with Crippen molar-refractivity contribution in [1.29, 1.82) is 0 Å². The van der Waals surface area contributed by atoms with Crippen LogP contribution in [-0.4, -0.2) is 10.2 Å². The molecule has 2 aromatic rings. The van der Waals surface area contributed by atoms with Gasteiger partial charge in [-0.25, -0.2) is 4.39 Å². The maximum Gasteiger partial charge on any atom is 0.206 e. The van der Waals surface area contributed by atoms with Gasteiger partial charge in [0.15, 0.2) is 0 Å². The summed E-state index contributed by atoms with van der Waals surface area (Å²) in [6, 6.07) is 4.74. The van der Waals surface area contributed by atoms with E-state index >= 15 is 0 Å². The van der Waals surface area contributed by atoms with Crippen molar-refractivity contribution in [2.45, 2.75) is 26.3 Å². The molecular formula is C12H13ClFN3S. The molecule has 1 heterocycles. The van der Waals surface area contributed by atoms with Gasteiger partial charge in [-0.2, -0.15) is 0 Å². The van der Waals surface area contributed by atoms with E-state index < -0.39 is 5.82 Å². The molecule has 1 aromatic heterocycles. The van der Waals surface area contributed by atoms with Crippen molar-refractivity contribution < 1.29 is 4.39 Å². The Hall–Kier alpha value is -1.20. The highest BCUT2D eigenvalue weighted by Crippen LogP contribution is 2.24. The number of anilines is 1. The van der Waals surface area contributed by atoms with Crippen LogP contribution in [0.3, 0.4) is 0 Å². The molecule has 0 amide bonds. The van der Waals surface area contributed by atoms with Gasteiger partial charge in [-0.3, -0.25) is 0 Å². The Morgan fingerprint density at radius 2 is 2.22 bits per heavy atom. The molecule has 0 aliphatic carbocycles. The second-order valence-electron chi connectivity index (χ2n) is 3.89. The fraction of sp³-hybridized carbons (Fsp3) is 0.333. The first-order valence-electron chi connectivity index (χ1n) is 5.64. The van der Waals surface area contributed by atoms with Gasteiger partial charge in [0.05, 0.1) is 11.1 Å². The van der Waals surface area contributed by atoms with Crippen LogP contribution < -0.4 is 5.32 Å². The maximum atomic E-state index is 13.4. The SMILES string of the molecule is CCc1nnc(NC(C)c2ccc(Cl)c(F)c2)s1. The van der Waals surface area contributed by atoms with Crippen LogP contribution in [0.15, 0.2) is 18.2 Å². The molecule has 3 nitrogen and oxygen atoms in total. The largest absolute Gasteiger partial charge is 0.354 e. The minimum absolute atomic E-state index is 0.0468. The van der Waals surface area contributed by atoms with E-state index in [0.717, 1.165) is 22.1 Å². The third-order valence-corrected chi connectivity index (χ3v) is 3.86. The Labute approximate surface area is 114 Å². The van der Waals surface area contributed by atoms with Crippen molar-refractivity contribution in [2.24, 2.45) is 0 Å². The molecule has 6 heteroatoms. The average molecular weight is 286 g/mol. The molecular weight excluding hydrogens is 273 g/mol. The van der Waals surface area contributed by atoms with Gasteiger partial charge in [0.2, 0.25) is 5.13 Å². The van der Waals surface area contributed by atoms with Gasteiger partial charge in [-0.1, -0.05) is 35.9 Å². The Balaban J connectivity index is 2.11. The lowest BCUT2D eigenvalue weighted by Crippen LogP contribution is -2.06. The molecule has 1 unspecified atom stereocenters. The highest BCUT2D eigenvalue weighted by Gasteiger charge is 2.10. The molecule has 1 atom stereocenters. The Bertz CT molecular complexity index is 544. The van der Waals surface area contributed by atoms with Crippen LogP contribution >= 0.6 is 22.9 Å². The number of aryl methyl sites for hydroxylation is 1. The molecule has 1 aromatic carbocycles. The standard InChI is InChI=1S/C12H13ClFN3S/c1-3-11-16-17-12(18-11)15-7(2)8-4-5-9(13)10(14)6-8/h4-7H,3H2,1-2H3,(H,15,17). The van der Waals surface area contributed by atoms with Crippen molar-refractivity contribution in [3.8, 4) is 0 Å². The molecule has 0 saturated heterocycles.